The van der Waals surface area contributed by atoms with E-state index in [1.54, 1.807) is 7.11 Å². The standard InChI is InChI=1S/C16H20NO/c1-18-14-6-5-11-17-12-9-16(10-13-17)15-7-3-2-4-8-15/h2-4,7-10,12-13H,5-6,11,14H2,1H3/q+1. The van der Waals surface area contributed by atoms with Gasteiger partial charge in [0.2, 0.25) is 0 Å². The third-order valence-corrected chi connectivity index (χ3v) is 3.01. The molecular formula is C16H20NO+. The van der Waals surface area contributed by atoms with E-state index in [0.29, 0.717) is 0 Å². The van der Waals surface area contributed by atoms with E-state index in [0.717, 1.165) is 26.0 Å². The van der Waals surface area contributed by atoms with Crippen LogP contribution in [0.5, 0.6) is 0 Å². The van der Waals surface area contributed by atoms with Gasteiger partial charge in [0.25, 0.3) is 0 Å². The molecular weight excluding hydrogens is 222 g/mol. The summed E-state index contributed by atoms with van der Waals surface area (Å²) >= 11 is 0. The zero-order valence-electron chi connectivity index (χ0n) is 10.9. The number of hydrogen-bond donors (Lipinski definition) is 0. The Kier molecular flexibility index (Phi) is 4.91. The molecule has 1 aromatic carbocycles. The predicted molar refractivity (Wildman–Crippen MR) is 73.2 cm³/mol. The van der Waals surface area contributed by atoms with Crippen molar-refractivity contribution in [3.63, 3.8) is 0 Å². The van der Waals surface area contributed by atoms with Crippen LogP contribution in [-0.4, -0.2) is 13.7 Å². The van der Waals surface area contributed by atoms with Gasteiger partial charge in [0, 0.05) is 32.3 Å². The average Bonchev–Trinajstić information content (AvgIpc) is 2.45. The second-order valence-corrected chi connectivity index (χ2v) is 4.39. The maximum absolute atomic E-state index is 5.05. The summed E-state index contributed by atoms with van der Waals surface area (Å²) in [7, 11) is 1.75. The van der Waals surface area contributed by atoms with E-state index in [1.807, 2.05) is 6.07 Å². The van der Waals surface area contributed by atoms with Crippen LogP contribution in [0, 0.1) is 0 Å². The Labute approximate surface area is 109 Å². The molecule has 0 aliphatic rings. The normalized spacial score (nSPS) is 10.5. The molecule has 94 valence electrons. The lowest BCUT2D eigenvalue weighted by atomic mass is 10.1. The van der Waals surface area contributed by atoms with Crippen LogP contribution in [0.4, 0.5) is 0 Å². The number of aromatic nitrogens is 1. The molecule has 0 unspecified atom stereocenters. The lowest BCUT2D eigenvalue weighted by Crippen LogP contribution is -2.32. The molecule has 1 aromatic heterocycles. The van der Waals surface area contributed by atoms with Crippen molar-refractivity contribution in [1.29, 1.82) is 0 Å². The molecule has 0 N–H and O–H groups in total. The van der Waals surface area contributed by atoms with Crippen molar-refractivity contribution in [1.82, 2.24) is 0 Å². The maximum atomic E-state index is 5.05. The Morgan fingerprint density at radius 2 is 1.56 bits per heavy atom. The zero-order valence-corrected chi connectivity index (χ0v) is 10.9. The van der Waals surface area contributed by atoms with Gasteiger partial charge < -0.3 is 4.74 Å². The van der Waals surface area contributed by atoms with Crippen molar-refractivity contribution in [2.45, 2.75) is 19.4 Å². The van der Waals surface area contributed by atoms with E-state index in [4.69, 9.17) is 4.74 Å². The number of benzene rings is 1. The molecule has 0 fully saturated rings. The minimum absolute atomic E-state index is 0.850. The number of methoxy groups -OCH3 is 1. The summed E-state index contributed by atoms with van der Waals surface area (Å²) in [6, 6.07) is 14.8. The van der Waals surface area contributed by atoms with Gasteiger partial charge in [0.15, 0.2) is 12.4 Å². The molecule has 0 bridgehead atoms. The van der Waals surface area contributed by atoms with Gasteiger partial charge in [-0.05, 0) is 17.5 Å². The molecule has 0 radical (unpaired) electrons. The number of ether oxygens (including phenoxy) is 1. The van der Waals surface area contributed by atoms with Crippen LogP contribution in [0.1, 0.15) is 12.8 Å². The molecule has 0 spiro atoms. The Morgan fingerprint density at radius 1 is 0.889 bits per heavy atom. The third-order valence-electron chi connectivity index (χ3n) is 3.01. The van der Waals surface area contributed by atoms with Crippen molar-refractivity contribution < 1.29 is 9.30 Å². The molecule has 0 aliphatic heterocycles. The molecule has 1 heterocycles. The van der Waals surface area contributed by atoms with E-state index in [9.17, 15) is 0 Å². The topological polar surface area (TPSA) is 13.1 Å². The number of aryl methyl sites for hydroxylation is 1. The van der Waals surface area contributed by atoms with Gasteiger partial charge in [-0.3, -0.25) is 0 Å². The van der Waals surface area contributed by atoms with Gasteiger partial charge in [-0.1, -0.05) is 30.3 Å². The summed E-state index contributed by atoms with van der Waals surface area (Å²) in [5.74, 6) is 0. The number of hydrogen-bond acceptors (Lipinski definition) is 1. The molecule has 0 saturated heterocycles. The Balaban J connectivity index is 1.94. The van der Waals surface area contributed by atoms with Gasteiger partial charge in [-0.2, -0.15) is 0 Å². The number of nitrogens with zero attached hydrogens (tertiary/aromatic N) is 1. The predicted octanol–water partition coefficient (Wildman–Crippen LogP) is 3.07. The van der Waals surface area contributed by atoms with Crippen molar-refractivity contribution in [3.8, 4) is 11.1 Å². The lowest BCUT2D eigenvalue weighted by Gasteiger charge is -2.01. The molecule has 0 amide bonds. The molecule has 2 heteroatoms. The fourth-order valence-corrected chi connectivity index (χ4v) is 1.97. The fraction of sp³-hybridized carbons (Fsp3) is 0.312. The van der Waals surface area contributed by atoms with E-state index in [1.165, 1.54) is 11.1 Å². The van der Waals surface area contributed by atoms with E-state index in [-0.39, 0.29) is 0 Å². The highest BCUT2D eigenvalue weighted by atomic mass is 16.5. The van der Waals surface area contributed by atoms with Crippen molar-refractivity contribution in [2.24, 2.45) is 0 Å². The molecule has 0 aliphatic carbocycles. The van der Waals surface area contributed by atoms with Gasteiger partial charge in [0.1, 0.15) is 6.54 Å². The van der Waals surface area contributed by atoms with Crippen LogP contribution in [0.15, 0.2) is 54.9 Å². The molecule has 2 rings (SSSR count). The molecule has 0 atom stereocenters. The van der Waals surface area contributed by atoms with Gasteiger partial charge in [-0.15, -0.1) is 0 Å². The molecule has 0 saturated carbocycles. The minimum Gasteiger partial charge on any atom is -0.385 e. The monoisotopic (exact) mass is 242 g/mol. The lowest BCUT2D eigenvalue weighted by molar-refractivity contribution is -0.697. The first-order valence-electron chi connectivity index (χ1n) is 6.43. The second-order valence-electron chi connectivity index (χ2n) is 4.39. The van der Waals surface area contributed by atoms with Crippen LogP contribution < -0.4 is 4.57 Å². The van der Waals surface area contributed by atoms with Gasteiger partial charge in [-0.25, -0.2) is 4.57 Å². The highest BCUT2D eigenvalue weighted by Gasteiger charge is 2.02. The number of pyridine rings is 1. The van der Waals surface area contributed by atoms with Crippen molar-refractivity contribution in [2.75, 3.05) is 13.7 Å². The van der Waals surface area contributed by atoms with Crippen LogP contribution >= 0.6 is 0 Å². The number of unbranched alkanes of at least 4 members (excludes halogenated alkanes) is 1. The van der Waals surface area contributed by atoms with E-state index >= 15 is 0 Å². The average molecular weight is 242 g/mol. The Hall–Kier alpha value is -1.67. The quantitative estimate of drug-likeness (QED) is 0.560. The van der Waals surface area contributed by atoms with Crippen LogP contribution in [-0.2, 0) is 11.3 Å². The SMILES string of the molecule is COCCCC[n+]1ccc(-c2ccccc2)cc1. The highest BCUT2D eigenvalue weighted by Crippen LogP contribution is 2.16. The minimum atomic E-state index is 0.850. The van der Waals surface area contributed by atoms with Gasteiger partial charge >= 0.3 is 0 Å². The van der Waals surface area contributed by atoms with E-state index in [2.05, 4.69) is 53.4 Å². The fourth-order valence-electron chi connectivity index (χ4n) is 1.97. The zero-order chi connectivity index (χ0) is 12.6. The summed E-state index contributed by atoms with van der Waals surface area (Å²) in [6.45, 7) is 1.90. The Morgan fingerprint density at radius 3 is 2.22 bits per heavy atom. The van der Waals surface area contributed by atoms with E-state index < -0.39 is 0 Å². The van der Waals surface area contributed by atoms with Crippen LogP contribution in [0.2, 0.25) is 0 Å². The third kappa shape index (κ3) is 3.67. The van der Waals surface area contributed by atoms with Gasteiger partial charge in [0.05, 0.1) is 0 Å². The summed E-state index contributed by atoms with van der Waals surface area (Å²) in [4.78, 5) is 0. The smallest absolute Gasteiger partial charge is 0.169 e. The maximum Gasteiger partial charge on any atom is 0.169 e. The first kappa shape index (κ1) is 12.8. The van der Waals surface area contributed by atoms with Crippen molar-refractivity contribution >= 4 is 0 Å². The first-order chi connectivity index (χ1) is 8.90. The molecule has 2 nitrogen and oxygen atoms in total. The van der Waals surface area contributed by atoms with Crippen LogP contribution in [0.3, 0.4) is 0 Å². The summed E-state index contributed by atoms with van der Waals surface area (Å²) in [5, 5.41) is 0. The highest BCUT2D eigenvalue weighted by molar-refractivity contribution is 5.61. The van der Waals surface area contributed by atoms with Crippen molar-refractivity contribution in [3.05, 3.63) is 54.9 Å². The first-order valence-corrected chi connectivity index (χ1v) is 6.43. The second kappa shape index (κ2) is 6.92. The number of rotatable bonds is 6. The van der Waals surface area contributed by atoms with Crippen LogP contribution in [0.25, 0.3) is 11.1 Å². The largest absolute Gasteiger partial charge is 0.385 e. The molecule has 2 aromatic rings. The summed E-state index contributed by atoms with van der Waals surface area (Å²) < 4.78 is 7.27. The summed E-state index contributed by atoms with van der Waals surface area (Å²) in [6.07, 6.45) is 6.57. The Bertz CT molecular complexity index is 450. The molecule has 18 heavy (non-hydrogen) atoms. The summed E-state index contributed by atoms with van der Waals surface area (Å²) in [5.41, 5.74) is 2.53.